The lowest BCUT2D eigenvalue weighted by Gasteiger charge is -2.10. The molecule has 1 aromatic carbocycles. The zero-order valence-corrected chi connectivity index (χ0v) is 9.88. The molecule has 0 amide bonds. The van der Waals surface area contributed by atoms with Gasteiger partial charge in [0.15, 0.2) is 0 Å². The van der Waals surface area contributed by atoms with E-state index in [0.717, 1.165) is 24.8 Å². The van der Waals surface area contributed by atoms with Crippen LogP contribution >= 0.6 is 11.6 Å². The summed E-state index contributed by atoms with van der Waals surface area (Å²) < 4.78 is 0. The molecule has 1 heterocycles. The van der Waals surface area contributed by atoms with Gasteiger partial charge in [-0.25, -0.2) is 0 Å². The van der Waals surface area contributed by atoms with Gasteiger partial charge < -0.3 is 10.8 Å². The van der Waals surface area contributed by atoms with Gasteiger partial charge in [0.05, 0.1) is 11.2 Å². The van der Waals surface area contributed by atoms with Gasteiger partial charge in [0.1, 0.15) is 11.6 Å². The molecule has 0 unspecified atom stereocenters. The van der Waals surface area contributed by atoms with Crippen LogP contribution in [0.3, 0.4) is 0 Å². The average molecular weight is 250 g/mol. The quantitative estimate of drug-likeness (QED) is 0.727. The minimum atomic E-state index is 0.0976. The van der Waals surface area contributed by atoms with Crippen LogP contribution in [-0.4, -0.2) is 15.3 Å². The van der Waals surface area contributed by atoms with Crippen LogP contribution in [0.1, 0.15) is 17.5 Å². The molecule has 3 rings (SSSR count). The molecule has 0 spiro atoms. The second-order valence-electron chi connectivity index (χ2n) is 4.28. The highest BCUT2D eigenvalue weighted by atomic mass is 35.5. The number of hydrogen-bond acceptors (Lipinski definition) is 3. The third-order valence-electron chi connectivity index (χ3n) is 3.27. The van der Waals surface area contributed by atoms with E-state index in [1.54, 1.807) is 6.20 Å². The summed E-state index contributed by atoms with van der Waals surface area (Å²) in [6.07, 6.45) is 4.61. The molecule has 2 aromatic rings. The number of aromatic amines is 1. The van der Waals surface area contributed by atoms with Crippen molar-refractivity contribution in [2.75, 3.05) is 5.73 Å². The fraction of sp³-hybridized carbons (Fsp3) is 0.250. The van der Waals surface area contributed by atoms with Gasteiger partial charge in [-0.2, -0.15) is 5.10 Å². The Labute approximate surface area is 103 Å². The first-order chi connectivity index (χ1) is 8.18. The molecule has 0 saturated heterocycles. The predicted molar refractivity (Wildman–Crippen MR) is 67.1 cm³/mol. The Morgan fingerprint density at radius 1 is 1.35 bits per heavy atom. The summed E-state index contributed by atoms with van der Waals surface area (Å²) in [5.74, 6) is 0.537. The van der Waals surface area contributed by atoms with Crippen molar-refractivity contribution in [3.8, 4) is 16.9 Å². The van der Waals surface area contributed by atoms with Gasteiger partial charge in [-0.05, 0) is 36.5 Å². The number of phenols is 1. The van der Waals surface area contributed by atoms with Crippen molar-refractivity contribution in [2.45, 2.75) is 19.3 Å². The van der Waals surface area contributed by atoms with E-state index in [9.17, 15) is 5.11 Å². The lowest BCUT2D eigenvalue weighted by atomic mass is 10.0. The molecule has 0 bridgehead atoms. The first-order valence-electron chi connectivity index (χ1n) is 5.51. The van der Waals surface area contributed by atoms with Gasteiger partial charge in [-0.1, -0.05) is 11.6 Å². The largest absolute Gasteiger partial charge is 0.506 e. The van der Waals surface area contributed by atoms with E-state index in [4.69, 9.17) is 17.3 Å². The Kier molecular flexibility index (Phi) is 2.26. The second-order valence-corrected chi connectivity index (χ2v) is 4.65. The van der Waals surface area contributed by atoms with Gasteiger partial charge in [-0.3, -0.25) is 5.10 Å². The van der Waals surface area contributed by atoms with Crippen LogP contribution in [-0.2, 0) is 12.8 Å². The summed E-state index contributed by atoms with van der Waals surface area (Å²) >= 11 is 6.19. The maximum Gasteiger partial charge on any atom is 0.142 e. The first kappa shape index (κ1) is 10.5. The molecule has 1 aliphatic rings. The maximum atomic E-state index is 10.1. The Morgan fingerprint density at radius 2 is 2.18 bits per heavy atom. The number of benzene rings is 1. The van der Waals surface area contributed by atoms with Crippen molar-refractivity contribution in [3.05, 3.63) is 28.4 Å². The Hall–Kier alpha value is -1.68. The van der Waals surface area contributed by atoms with E-state index in [0.29, 0.717) is 22.0 Å². The van der Waals surface area contributed by atoms with Crippen molar-refractivity contribution in [3.63, 3.8) is 0 Å². The molecule has 1 aliphatic carbocycles. The lowest BCUT2D eigenvalue weighted by molar-refractivity contribution is 0.477. The van der Waals surface area contributed by atoms with Crippen molar-refractivity contribution in [1.82, 2.24) is 10.2 Å². The topological polar surface area (TPSA) is 74.9 Å². The molecule has 4 N–H and O–H groups in total. The van der Waals surface area contributed by atoms with E-state index < -0.39 is 0 Å². The third-order valence-corrected chi connectivity index (χ3v) is 3.67. The molecule has 0 saturated carbocycles. The molecule has 5 heteroatoms. The fourth-order valence-electron chi connectivity index (χ4n) is 2.40. The number of phenolic OH excluding ortho intramolecular Hbond substituents is 1. The minimum Gasteiger partial charge on any atom is -0.506 e. The molecule has 88 valence electrons. The second kappa shape index (κ2) is 3.67. The van der Waals surface area contributed by atoms with Gasteiger partial charge in [0, 0.05) is 11.1 Å². The summed E-state index contributed by atoms with van der Waals surface area (Å²) in [7, 11) is 0. The molecule has 0 radical (unpaired) electrons. The highest BCUT2D eigenvalue weighted by molar-refractivity contribution is 6.33. The zero-order chi connectivity index (χ0) is 12.0. The average Bonchev–Trinajstić information content (AvgIpc) is 2.92. The summed E-state index contributed by atoms with van der Waals surface area (Å²) in [5, 5.41) is 17.1. The van der Waals surface area contributed by atoms with Crippen LogP contribution in [0.15, 0.2) is 12.3 Å². The molecule has 0 atom stereocenters. The number of nitrogens with two attached hydrogens (primary N) is 1. The Balaban J connectivity index is 2.25. The number of fused-ring (bicyclic) bond motifs is 1. The minimum absolute atomic E-state index is 0.0976. The number of hydrogen-bond donors (Lipinski definition) is 3. The number of aromatic nitrogens is 2. The standard InChI is InChI=1S/C12H12ClN3O/c13-10-7-3-1-2-6(7)4-8(11(10)17)9-5-15-16-12(9)14/h4-5,17H,1-3H2,(H3,14,15,16). The van der Waals surface area contributed by atoms with E-state index >= 15 is 0 Å². The van der Waals surface area contributed by atoms with Gasteiger partial charge >= 0.3 is 0 Å². The summed E-state index contributed by atoms with van der Waals surface area (Å²) in [6.45, 7) is 0. The van der Waals surface area contributed by atoms with E-state index in [1.807, 2.05) is 6.07 Å². The predicted octanol–water partition coefficient (Wildman–Crippen LogP) is 2.51. The van der Waals surface area contributed by atoms with Crippen molar-refractivity contribution in [2.24, 2.45) is 0 Å². The normalized spacial score (nSPS) is 13.9. The van der Waals surface area contributed by atoms with Gasteiger partial charge in [-0.15, -0.1) is 0 Å². The SMILES string of the molecule is Nc1[nH]ncc1-c1cc2c(c(Cl)c1O)CCC2. The number of rotatable bonds is 1. The number of anilines is 1. The molecule has 1 aromatic heterocycles. The number of aromatic hydroxyl groups is 1. The Bertz CT molecular complexity index is 592. The summed E-state index contributed by atoms with van der Waals surface area (Å²) in [6, 6.07) is 1.96. The maximum absolute atomic E-state index is 10.1. The molecule has 4 nitrogen and oxygen atoms in total. The number of H-pyrrole nitrogens is 1. The molecule has 0 aliphatic heterocycles. The highest BCUT2D eigenvalue weighted by Crippen LogP contribution is 2.43. The molecule has 0 fully saturated rings. The van der Waals surface area contributed by atoms with Gasteiger partial charge in [0.25, 0.3) is 0 Å². The van der Waals surface area contributed by atoms with Crippen LogP contribution in [0.5, 0.6) is 5.75 Å². The van der Waals surface area contributed by atoms with E-state index in [1.165, 1.54) is 5.56 Å². The zero-order valence-electron chi connectivity index (χ0n) is 9.13. The molecular weight excluding hydrogens is 238 g/mol. The van der Waals surface area contributed by atoms with Crippen LogP contribution in [0.4, 0.5) is 5.82 Å². The molecule has 17 heavy (non-hydrogen) atoms. The Morgan fingerprint density at radius 3 is 2.88 bits per heavy atom. The summed E-state index contributed by atoms with van der Waals surface area (Å²) in [4.78, 5) is 0. The van der Waals surface area contributed by atoms with E-state index in [2.05, 4.69) is 10.2 Å². The third kappa shape index (κ3) is 1.48. The number of nitrogen functional groups attached to an aromatic ring is 1. The fourth-order valence-corrected chi connectivity index (χ4v) is 2.71. The van der Waals surface area contributed by atoms with Gasteiger partial charge in [0.2, 0.25) is 0 Å². The van der Waals surface area contributed by atoms with Crippen molar-refractivity contribution in [1.29, 1.82) is 0 Å². The first-order valence-corrected chi connectivity index (χ1v) is 5.88. The number of halogens is 1. The number of nitrogens with zero attached hydrogens (tertiary/aromatic N) is 1. The van der Waals surface area contributed by atoms with Crippen molar-refractivity contribution >= 4 is 17.4 Å². The number of nitrogens with one attached hydrogen (secondary N) is 1. The van der Waals surface area contributed by atoms with Crippen LogP contribution in [0, 0.1) is 0 Å². The summed E-state index contributed by atoms with van der Waals surface area (Å²) in [5.41, 5.74) is 9.38. The smallest absolute Gasteiger partial charge is 0.142 e. The highest BCUT2D eigenvalue weighted by Gasteiger charge is 2.22. The monoisotopic (exact) mass is 249 g/mol. The lowest BCUT2D eigenvalue weighted by Crippen LogP contribution is -1.91. The van der Waals surface area contributed by atoms with Crippen molar-refractivity contribution < 1.29 is 5.11 Å². The van der Waals surface area contributed by atoms with E-state index in [-0.39, 0.29) is 5.75 Å². The van der Waals surface area contributed by atoms with Crippen LogP contribution in [0.25, 0.3) is 11.1 Å². The number of aryl methyl sites for hydroxylation is 1. The molecular formula is C12H12ClN3O. The van der Waals surface area contributed by atoms with Crippen LogP contribution < -0.4 is 5.73 Å². The van der Waals surface area contributed by atoms with Crippen LogP contribution in [0.2, 0.25) is 5.02 Å².